The van der Waals surface area contributed by atoms with E-state index in [0.717, 1.165) is 22.7 Å². The van der Waals surface area contributed by atoms with Gasteiger partial charge in [-0.15, -0.1) is 0 Å². The summed E-state index contributed by atoms with van der Waals surface area (Å²) in [5.74, 6) is -0.429. The van der Waals surface area contributed by atoms with Gasteiger partial charge in [0, 0.05) is 29.4 Å². The van der Waals surface area contributed by atoms with Crippen molar-refractivity contribution in [2.75, 3.05) is 11.8 Å². The van der Waals surface area contributed by atoms with Gasteiger partial charge in [0.2, 0.25) is 0 Å². The Morgan fingerprint density at radius 3 is 2.53 bits per heavy atom. The number of carbonyl (C=O) groups is 1. The third-order valence-electron chi connectivity index (χ3n) is 5.38. The summed E-state index contributed by atoms with van der Waals surface area (Å²) in [6, 6.07) is 17.5. The number of rotatable bonds is 6. The van der Waals surface area contributed by atoms with Gasteiger partial charge in [0.05, 0.1) is 17.0 Å². The van der Waals surface area contributed by atoms with E-state index in [9.17, 15) is 17.6 Å². The van der Waals surface area contributed by atoms with E-state index >= 15 is 0 Å². The molecule has 0 atom stereocenters. The van der Waals surface area contributed by atoms with Crippen LogP contribution in [-0.2, 0) is 16.6 Å². The molecule has 0 spiro atoms. The molecule has 4 aromatic rings. The molecule has 0 aliphatic heterocycles. The summed E-state index contributed by atoms with van der Waals surface area (Å²) in [5, 5.41) is 0.952. The van der Waals surface area contributed by atoms with Crippen molar-refractivity contribution in [3.05, 3.63) is 95.2 Å². The molecule has 0 fully saturated rings. The van der Waals surface area contributed by atoms with Crippen molar-refractivity contribution >= 4 is 32.5 Å². The Bertz CT molecular complexity index is 1510. The quantitative estimate of drug-likeness (QED) is 0.442. The lowest BCUT2D eigenvalue weighted by atomic mass is 10.1. The molecule has 0 bridgehead atoms. The fraction of sp³-hybridized carbons (Fsp3) is 0.160. The van der Waals surface area contributed by atoms with Gasteiger partial charge in [-0.05, 0) is 55.8 Å². The van der Waals surface area contributed by atoms with Gasteiger partial charge in [0.25, 0.3) is 15.9 Å². The third-order valence-corrected chi connectivity index (χ3v) is 6.76. The molecule has 4 rings (SSSR count). The van der Waals surface area contributed by atoms with Crippen LogP contribution in [0.5, 0.6) is 0 Å². The zero-order chi connectivity index (χ0) is 24.5. The average molecular weight is 479 g/mol. The smallest absolute Gasteiger partial charge is 0.261 e. The Labute approximate surface area is 197 Å². The van der Waals surface area contributed by atoms with Gasteiger partial charge in [-0.25, -0.2) is 22.8 Å². The fourth-order valence-electron chi connectivity index (χ4n) is 3.54. The summed E-state index contributed by atoms with van der Waals surface area (Å²) in [7, 11) is -2.40. The maximum absolute atomic E-state index is 13.8. The van der Waals surface area contributed by atoms with E-state index in [-0.39, 0.29) is 28.6 Å². The number of aromatic nitrogens is 2. The van der Waals surface area contributed by atoms with Gasteiger partial charge in [0.15, 0.2) is 0 Å². The van der Waals surface area contributed by atoms with Crippen molar-refractivity contribution in [1.82, 2.24) is 14.9 Å². The number of amides is 1. The Morgan fingerprint density at radius 2 is 1.76 bits per heavy atom. The lowest BCUT2D eigenvalue weighted by molar-refractivity contribution is 0.0781. The number of aryl methyl sites for hydroxylation is 2. The maximum Gasteiger partial charge on any atom is 0.261 e. The molecule has 1 N–H and O–H groups in total. The first-order valence-electron chi connectivity index (χ1n) is 10.5. The molecular weight excluding hydrogens is 455 g/mol. The molecule has 34 heavy (non-hydrogen) atoms. The number of carbonyl (C=O) groups excluding carboxylic acids is 1. The number of halogens is 1. The minimum absolute atomic E-state index is 0.184. The predicted molar refractivity (Wildman–Crippen MR) is 128 cm³/mol. The van der Waals surface area contributed by atoms with Gasteiger partial charge in [-0.3, -0.25) is 9.52 Å². The summed E-state index contributed by atoms with van der Waals surface area (Å²) in [6.45, 7) is 3.63. The number of hydrogen-bond acceptors (Lipinski definition) is 5. The van der Waals surface area contributed by atoms with Crippen LogP contribution in [0.15, 0.2) is 71.6 Å². The highest BCUT2D eigenvalue weighted by Gasteiger charge is 2.18. The van der Waals surface area contributed by atoms with E-state index in [0.29, 0.717) is 11.4 Å². The number of benzene rings is 3. The summed E-state index contributed by atoms with van der Waals surface area (Å²) in [6.07, 6.45) is 0. The largest absolute Gasteiger partial charge is 0.334 e. The number of nitrogens with zero attached hydrogens (tertiary/aromatic N) is 3. The standard InChI is InChI=1S/C25H23FN4O3S/c1-16-11-12-20(14-22(16)26)34(32,33)29-19-8-6-7-18(13-19)25(31)30(3)15-24-27-17(2)21-9-4-5-10-23(21)28-24/h4-14,29H,15H2,1-3H3. The highest BCUT2D eigenvalue weighted by Crippen LogP contribution is 2.21. The molecule has 7 nitrogen and oxygen atoms in total. The molecular formula is C25H23FN4O3S. The Balaban J connectivity index is 1.53. The lowest BCUT2D eigenvalue weighted by Gasteiger charge is -2.18. The number of hydrogen-bond donors (Lipinski definition) is 1. The van der Waals surface area contributed by atoms with E-state index in [1.165, 1.54) is 29.2 Å². The van der Waals surface area contributed by atoms with Crippen molar-refractivity contribution < 1.29 is 17.6 Å². The number of nitrogens with one attached hydrogen (secondary N) is 1. The summed E-state index contributed by atoms with van der Waals surface area (Å²) < 4.78 is 41.6. The topological polar surface area (TPSA) is 92.3 Å². The Hall–Kier alpha value is -3.85. The molecule has 0 aliphatic carbocycles. The molecule has 1 amide bonds. The van der Waals surface area contributed by atoms with Gasteiger partial charge >= 0.3 is 0 Å². The first-order chi connectivity index (χ1) is 16.1. The van der Waals surface area contributed by atoms with Gasteiger partial charge in [0.1, 0.15) is 11.6 Å². The Kier molecular flexibility index (Phi) is 6.30. The van der Waals surface area contributed by atoms with Crippen molar-refractivity contribution in [3.63, 3.8) is 0 Å². The molecule has 1 heterocycles. The number of para-hydroxylation sites is 1. The van der Waals surface area contributed by atoms with Crippen molar-refractivity contribution in [3.8, 4) is 0 Å². The second-order valence-corrected chi connectivity index (χ2v) is 9.68. The molecule has 174 valence electrons. The minimum Gasteiger partial charge on any atom is -0.334 e. The van der Waals surface area contributed by atoms with Crippen LogP contribution >= 0.6 is 0 Å². The second-order valence-electron chi connectivity index (χ2n) is 8.00. The van der Waals surface area contributed by atoms with Crippen LogP contribution in [0.4, 0.5) is 10.1 Å². The normalized spacial score (nSPS) is 11.4. The van der Waals surface area contributed by atoms with E-state index in [1.54, 1.807) is 26.1 Å². The summed E-state index contributed by atoms with van der Waals surface area (Å²) in [5.41, 5.74) is 2.45. The maximum atomic E-state index is 13.8. The molecule has 3 aromatic carbocycles. The molecule has 0 saturated heterocycles. The van der Waals surface area contributed by atoms with Crippen molar-refractivity contribution in [2.45, 2.75) is 25.3 Å². The van der Waals surface area contributed by atoms with Crippen molar-refractivity contribution in [2.24, 2.45) is 0 Å². The Morgan fingerprint density at radius 1 is 1.00 bits per heavy atom. The van der Waals surface area contributed by atoms with Gasteiger partial charge < -0.3 is 4.90 Å². The molecule has 0 radical (unpaired) electrons. The van der Waals surface area contributed by atoms with E-state index in [2.05, 4.69) is 14.7 Å². The van der Waals surface area contributed by atoms with Gasteiger partial charge in [-0.2, -0.15) is 0 Å². The average Bonchev–Trinajstić information content (AvgIpc) is 2.80. The SMILES string of the molecule is Cc1ccc(S(=O)(=O)Nc2cccc(C(=O)N(C)Cc3nc(C)c4ccccc4n3)c2)cc1F. The predicted octanol–water partition coefficient (Wildman–Crippen LogP) is 4.46. The van der Waals surface area contributed by atoms with E-state index in [1.807, 2.05) is 31.2 Å². The number of fused-ring (bicyclic) bond motifs is 1. The first kappa shape index (κ1) is 23.3. The molecule has 9 heteroatoms. The van der Waals surface area contributed by atoms with E-state index < -0.39 is 15.8 Å². The van der Waals surface area contributed by atoms with Crippen LogP contribution in [0, 0.1) is 19.7 Å². The molecule has 0 unspecified atom stereocenters. The van der Waals surface area contributed by atoms with E-state index in [4.69, 9.17) is 0 Å². The van der Waals surface area contributed by atoms with Crippen LogP contribution in [-0.4, -0.2) is 36.2 Å². The summed E-state index contributed by atoms with van der Waals surface area (Å²) in [4.78, 5) is 23.3. The van der Waals surface area contributed by atoms with Gasteiger partial charge in [-0.1, -0.05) is 30.3 Å². The van der Waals surface area contributed by atoms with Crippen LogP contribution in [0.1, 0.15) is 27.4 Å². The van der Waals surface area contributed by atoms with Crippen LogP contribution in [0.3, 0.4) is 0 Å². The molecule has 0 aliphatic rings. The first-order valence-corrected chi connectivity index (χ1v) is 12.0. The third kappa shape index (κ3) is 4.89. The highest BCUT2D eigenvalue weighted by molar-refractivity contribution is 7.92. The molecule has 1 aromatic heterocycles. The monoisotopic (exact) mass is 478 g/mol. The minimum atomic E-state index is -4.02. The number of anilines is 1. The zero-order valence-corrected chi connectivity index (χ0v) is 19.7. The van der Waals surface area contributed by atoms with Crippen LogP contribution in [0.25, 0.3) is 10.9 Å². The van der Waals surface area contributed by atoms with Crippen molar-refractivity contribution in [1.29, 1.82) is 0 Å². The van der Waals surface area contributed by atoms with Crippen LogP contribution < -0.4 is 4.72 Å². The molecule has 0 saturated carbocycles. The fourth-order valence-corrected chi connectivity index (χ4v) is 4.60. The summed E-state index contributed by atoms with van der Waals surface area (Å²) >= 11 is 0. The second kappa shape index (κ2) is 9.18. The number of sulfonamides is 1. The van der Waals surface area contributed by atoms with Crippen LogP contribution in [0.2, 0.25) is 0 Å². The zero-order valence-electron chi connectivity index (χ0n) is 18.9. The highest BCUT2D eigenvalue weighted by atomic mass is 32.2. The lowest BCUT2D eigenvalue weighted by Crippen LogP contribution is -2.27.